The van der Waals surface area contributed by atoms with Gasteiger partial charge in [0.05, 0.1) is 18.3 Å². The minimum absolute atomic E-state index is 0.140. The molecule has 1 aliphatic rings. The number of ether oxygens (including phenoxy) is 1. The second kappa shape index (κ2) is 8.45. The topological polar surface area (TPSA) is 59.4 Å². The molecule has 0 radical (unpaired) electrons. The number of piperidine rings is 1. The van der Waals surface area contributed by atoms with E-state index < -0.39 is 0 Å². The van der Waals surface area contributed by atoms with Gasteiger partial charge in [-0.05, 0) is 52.8 Å². The number of carbonyl (C=O) groups excluding carboxylic acids is 1. The fourth-order valence-electron chi connectivity index (χ4n) is 3.21. The molecule has 1 N–H and O–H groups in total. The van der Waals surface area contributed by atoms with Crippen LogP contribution in [0.4, 0.5) is 0 Å². The summed E-state index contributed by atoms with van der Waals surface area (Å²) in [6.45, 7) is 10.4. The molecular weight excluding hydrogens is 292 g/mol. The van der Waals surface area contributed by atoms with Gasteiger partial charge in [0.15, 0.2) is 0 Å². The number of hydrogen-bond acceptors (Lipinski definition) is 4. The van der Waals surface area contributed by atoms with Gasteiger partial charge >= 0.3 is 0 Å². The van der Waals surface area contributed by atoms with Crippen molar-refractivity contribution >= 4 is 5.91 Å². The summed E-state index contributed by atoms with van der Waals surface area (Å²) in [5.41, 5.74) is 2.15. The first-order chi connectivity index (χ1) is 11.0. The van der Waals surface area contributed by atoms with E-state index in [2.05, 4.69) is 28.3 Å². The van der Waals surface area contributed by atoms with Crippen molar-refractivity contribution in [2.24, 2.45) is 5.92 Å². The zero-order valence-electron chi connectivity index (χ0n) is 14.8. The maximum atomic E-state index is 12.4. The van der Waals surface area contributed by atoms with Crippen molar-refractivity contribution in [1.82, 2.24) is 20.0 Å². The van der Waals surface area contributed by atoms with Crippen LogP contribution in [0.2, 0.25) is 0 Å². The Morgan fingerprint density at radius 3 is 2.70 bits per heavy atom. The number of rotatable bonds is 7. The SMILES string of the molecule is COCCN1CCC(C(=O)NC[C@@H](C)n2nc(C)cc2C)CC1. The van der Waals surface area contributed by atoms with Gasteiger partial charge in [-0.15, -0.1) is 0 Å². The molecule has 6 nitrogen and oxygen atoms in total. The van der Waals surface area contributed by atoms with Crippen LogP contribution in [0.1, 0.15) is 37.2 Å². The van der Waals surface area contributed by atoms with E-state index in [1.54, 1.807) is 7.11 Å². The van der Waals surface area contributed by atoms with Crippen LogP contribution in [0.25, 0.3) is 0 Å². The highest BCUT2D eigenvalue weighted by Crippen LogP contribution is 2.17. The monoisotopic (exact) mass is 322 g/mol. The molecule has 1 aromatic heterocycles. The van der Waals surface area contributed by atoms with Crippen molar-refractivity contribution in [2.45, 2.75) is 39.7 Å². The number of aryl methyl sites for hydroxylation is 2. The van der Waals surface area contributed by atoms with Crippen LogP contribution < -0.4 is 5.32 Å². The summed E-state index contributed by atoms with van der Waals surface area (Å²) in [7, 11) is 1.73. The summed E-state index contributed by atoms with van der Waals surface area (Å²) >= 11 is 0. The Hall–Kier alpha value is -1.40. The lowest BCUT2D eigenvalue weighted by Crippen LogP contribution is -2.42. The molecule has 2 rings (SSSR count). The normalized spacial score (nSPS) is 18.1. The first-order valence-electron chi connectivity index (χ1n) is 8.53. The third kappa shape index (κ3) is 5.04. The molecule has 2 heterocycles. The Labute approximate surface area is 139 Å². The van der Waals surface area contributed by atoms with E-state index in [0.29, 0.717) is 6.54 Å². The zero-order valence-corrected chi connectivity index (χ0v) is 14.8. The average molecular weight is 322 g/mol. The molecule has 0 bridgehead atoms. The van der Waals surface area contributed by atoms with Gasteiger partial charge in [0.25, 0.3) is 0 Å². The van der Waals surface area contributed by atoms with Crippen molar-refractivity contribution in [2.75, 3.05) is 39.9 Å². The van der Waals surface area contributed by atoms with Crippen LogP contribution in [0.5, 0.6) is 0 Å². The largest absolute Gasteiger partial charge is 0.383 e. The fourth-order valence-corrected chi connectivity index (χ4v) is 3.21. The standard InChI is InChI=1S/C17H30N4O2/c1-13-11-14(2)21(19-13)15(3)12-18-17(22)16-5-7-20(8-6-16)9-10-23-4/h11,15-16H,5-10,12H2,1-4H3,(H,18,22)/t15-/m1/s1. The number of methoxy groups -OCH3 is 1. The summed E-state index contributed by atoms with van der Waals surface area (Å²) in [5.74, 6) is 0.325. The minimum atomic E-state index is 0.140. The number of nitrogens with one attached hydrogen (secondary N) is 1. The van der Waals surface area contributed by atoms with E-state index >= 15 is 0 Å². The van der Waals surface area contributed by atoms with Crippen LogP contribution in [0.15, 0.2) is 6.07 Å². The van der Waals surface area contributed by atoms with Gasteiger partial charge in [0.1, 0.15) is 0 Å². The van der Waals surface area contributed by atoms with Gasteiger partial charge in [-0.1, -0.05) is 0 Å². The molecule has 1 aliphatic heterocycles. The quantitative estimate of drug-likeness (QED) is 0.827. The van der Waals surface area contributed by atoms with E-state index in [9.17, 15) is 4.79 Å². The number of aromatic nitrogens is 2. The molecule has 0 saturated carbocycles. The Morgan fingerprint density at radius 2 is 2.13 bits per heavy atom. The summed E-state index contributed by atoms with van der Waals surface area (Å²) in [6.07, 6.45) is 1.87. The van der Waals surface area contributed by atoms with Gasteiger partial charge in [0, 0.05) is 31.8 Å². The van der Waals surface area contributed by atoms with Gasteiger partial charge in [-0.25, -0.2) is 0 Å². The second-order valence-corrected chi connectivity index (χ2v) is 6.57. The first-order valence-corrected chi connectivity index (χ1v) is 8.53. The summed E-state index contributed by atoms with van der Waals surface area (Å²) < 4.78 is 7.10. The summed E-state index contributed by atoms with van der Waals surface area (Å²) in [6, 6.07) is 2.24. The zero-order chi connectivity index (χ0) is 16.8. The number of hydrogen-bond donors (Lipinski definition) is 1. The smallest absolute Gasteiger partial charge is 0.223 e. The molecule has 1 saturated heterocycles. The van der Waals surface area contributed by atoms with Gasteiger partial charge in [-0.3, -0.25) is 9.48 Å². The van der Waals surface area contributed by atoms with Crippen molar-refractivity contribution in [3.05, 3.63) is 17.5 Å². The summed E-state index contributed by atoms with van der Waals surface area (Å²) in [4.78, 5) is 14.7. The molecule has 1 atom stereocenters. The predicted octanol–water partition coefficient (Wildman–Crippen LogP) is 1.54. The lowest BCUT2D eigenvalue weighted by Gasteiger charge is -2.31. The molecule has 1 fully saturated rings. The minimum Gasteiger partial charge on any atom is -0.383 e. The Bertz CT molecular complexity index is 507. The number of amides is 1. The summed E-state index contributed by atoms with van der Waals surface area (Å²) in [5, 5.41) is 7.59. The number of carbonyl (C=O) groups is 1. The number of nitrogens with zero attached hydrogens (tertiary/aromatic N) is 3. The lowest BCUT2D eigenvalue weighted by atomic mass is 9.96. The van der Waals surface area contributed by atoms with Gasteiger partial charge in [-0.2, -0.15) is 5.10 Å². The van der Waals surface area contributed by atoms with Gasteiger partial charge in [0.2, 0.25) is 5.91 Å². The second-order valence-electron chi connectivity index (χ2n) is 6.57. The van der Waals surface area contributed by atoms with Crippen LogP contribution in [-0.4, -0.2) is 60.5 Å². The third-order valence-electron chi connectivity index (χ3n) is 4.60. The van der Waals surface area contributed by atoms with Crippen LogP contribution in [0, 0.1) is 19.8 Å². The highest BCUT2D eigenvalue weighted by Gasteiger charge is 2.25. The van der Waals surface area contributed by atoms with E-state index in [-0.39, 0.29) is 17.9 Å². The molecule has 0 aliphatic carbocycles. The molecule has 0 unspecified atom stereocenters. The molecule has 130 valence electrons. The Morgan fingerprint density at radius 1 is 1.43 bits per heavy atom. The van der Waals surface area contributed by atoms with Crippen LogP contribution in [-0.2, 0) is 9.53 Å². The van der Waals surface area contributed by atoms with E-state index in [1.165, 1.54) is 0 Å². The van der Waals surface area contributed by atoms with E-state index in [1.807, 2.05) is 18.5 Å². The molecule has 1 aromatic rings. The fraction of sp³-hybridized carbons (Fsp3) is 0.765. The maximum absolute atomic E-state index is 12.4. The molecule has 23 heavy (non-hydrogen) atoms. The third-order valence-corrected chi connectivity index (χ3v) is 4.60. The first kappa shape index (κ1) is 17.9. The molecular formula is C17H30N4O2. The molecule has 6 heteroatoms. The Balaban J connectivity index is 1.74. The molecule has 0 spiro atoms. The molecule has 1 amide bonds. The van der Waals surface area contributed by atoms with Gasteiger partial charge < -0.3 is 15.0 Å². The highest BCUT2D eigenvalue weighted by molar-refractivity contribution is 5.78. The molecule has 0 aromatic carbocycles. The van der Waals surface area contributed by atoms with Crippen molar-refractivity contribution in [3.63, 3.8) is 0 Å². The Kier molecular flexibility index (Phi) is 6.59. The van der Waals surface area contributed by atoms with Crippen LogP contribution >= 0.6 is 0 Å². The predicted molar refractivity (Wildman–Crippen MR) is 90.5 cm³/mol. The van der Waals surface area contributed by atoms with Crippen molar-refractivity contribution in [1.29, 1.82) is 0 Å². The highest BCUT2D eigenvalue weighted by atomic mass is 16.5. The average Bonchev–Trinajstić information content (AvgIpc) is 2.89. The van der Waals surface area contributed by atoms with Crippen molar-refractivity contribution < 1.29 is 9.53 Å². The van der Waals surface area contributed by atoms with E-state index in [4.69, 9.17) is 4.74 Å². The van der Waals surface area contributed by atoms with E-state index in [0.717, 1.165) is 50.5 Å². The van der Waals surface area contributed by atoms with Crippen molar-refractivity contribution in [3.8, 4) is 0 Å². The lowest BCUT2D eigenvalue weighted by molar-refractivity contribution is -0.126. The maximum Gasteiger partial charge on any atom is 0.223 e. The number of likely N-dealkylation sites (tertiary alicyclic amines) is 1. The van der Waals surface area contributed by atoms with Crippen LogP contribution in [0.3, 0.4) is 0 Å².